The van der Waals surface area contributed by atoms with Crippen LogP contribution in [0.4, 0.5) is 10.2 Å². The maximum absolute atomic E-state index is 12.7. The Bertz CT molecular complexity index is 292. The first-order chi connectivity index (χ1) is 4.75. The fraction of sp³-hybridized carbons (Fsp3) is 0. The number of nitrogens with zero attached hydrogens (tertiary/aromatic N) is 2. The van der Waals surface area contributed by atoms with Gasteiger partial charge in [0.2, 0.25) is 0 Å². The fourth-order valence-corrected chi connectivity index (χ4v) is 0.890. The van der Waals surface area contributed by atoms with E-state index in [0.29, 0.717) is 3.57 Å². The number of pyridine rings is 1. The Morgan fingerprint density at radius 3 is 2.90 bits per heavy atom. The first-order valence-corrected chi connectivity index (χ1v) is 3.51. The molecule has 0 saturated heterocycles. The SMILES string of the molecule is [C-]#[N+]c1nccc(I)c1F. The Hall–Kier alpha value is -0.700. The van der Waals surface area contributed by atoms with Crippen LogP contribution in [0.3, 0.4) is 0 Å². The van der Waals surface area contributed by atoms with Crippen LogP contribution in [0.15, 0.2) is 12.3 Å². The molecule has 10 heavy (non-hydrogen) atoms. The quantitative estimate of drug-likeness (QED) is 0.509. The summed E-state index contributed by atoms with van der Waals surface area (Å²) in [4.78, 5) is 6.41. The molecule has 50 valence electrons. The predicted molar refractivity (Wildman–Crippen MR) is 43.2 cm³/mol. The summed E-state index contributed by atoms with van der Waals surface area (Å²) in [6, 6.07) is 1.52. The van der Waals surface area contributed by atoms with Crippen LogP contribution in [0.25, 0.3) is 4.85 Å². The van der Waals surface area contributed by atoms with Gasteiger partial charge in [-0.1, -0.05) is 6.57 Å². The van der Waals surface area contributed by atoms with Crippen molar-refractivity contribution in [2.24, 2.45) is 0 Å². The van der Waals surface area contributed by atoms with E-state index in [4.69, 9.17) is 6.57 Å². The van der Waals surface area contributed by atoms with Gasteiger partial charge in [-0.3, -0.25) is 0 Å². The van der Waals surface area contributed by atoms with Crippen molar-refractivity contribution in [2.45, 2.75) is 0 Å². The van der Waals surface area contributed by atoms with Crippen molar-refractivity contribution in [2.75, 3.05) is 0 Å². The molecule has 0 bridgehead atoms. The zero-order valence-electron chi connectivity index (χ0n) is 4.81. The molecule has 0 spiro atoms. The van der Waals surface area contributed by atoms with E-state index in [1.807, 2.05) is 22.6 Å². The van der Waals surface area contributed by atoms with Crippen molar-refractivity contribution in [3.8, 4) is 0 Å². The fourth-order valence-electron chi connectivity index (χ4n) is 0.488. The molecule has 0 fully saturated rings. The largest absolute Gasteiger partial charge is 0.358 e. The Morgan fingerprint density at radius 1 is 1.70 bits per heavy atom. The lowest BCUT2D eigenvalue weighted by atomic mass is 10.4. The summed E-state index contributed by atoms with van der Waals surface area (Å²) in [7, 11) is 0. The third kappa shape index (κ3) is 1.24. The molecule has 0 aliphatic rings. The third-order valence-electron chi connectivity index (χ3n) is 0.930. The molecule has 2 nitrogen and oxygen atoms in total. The van der Waals surface area contributed by atoms with Crippen molar-refractivity contribution < 1.29 is 4.39 Å². The lowest BCUT2D eigenvalue weighted by molar-refractivity contribution is 0.621. The van der Waals surface area contributed by atoms with Gasteiger partial charge in [0.1, 0.15) is 6.20 Å². The summed E-state index contributed by atoms with van der Waals surface area (Å²) in [5.74, 6) is -0.690. The predicted octanol–water partition coefficient (Wildman–Crippen LogP) is 2.38. The van der Waals surface area contributed by atoms with Crippen LogP contribution in [-0.2, 0) is 0 Å². The van der Waals surface area contributed by atoms with Gasteiger partial charge in [-0.2, -0.15) is 0 Å². The van der Waals surface area contributed by atoms with E-state index in [-0.39, 0.29) is 5.82 Å². The van der Waals surface area contributed by atoms with E-state index >= 15 is 0 Å². The van der Waals surface area contributed by atoms with E-state index in [0.717, 1.165) is 0 Å². The van der Waals surface area contributed by atoms with Gasteiger partial charge in [0.25, 0.3) is 0 Å². The van der Waals surface area contributed by atoms with Gasteiger partial charge in [-0.15, -0.1) is 4.98 Å². The van der Waals surface area contributed by atoms with Crippen molar-refractivity contribution in [3.63, 3.8) is 0 Å². The van der Waals surface area contributed by atoms with Crippen LogP contribution in [0, 0.1) is 16.0 Å². The molecule has 0 atom stereocenters. The number of hydrogen-bond acceptors (Lipinski definition) is 1. The minimum absolute atomic E-state index is 0.160. The Balaban J connectivity index is 3.31. The molecule has 0 radical (unpaired) electrons. The molecule has 0 aliphatic heterocycles. The van der Waals surface area contributed by atoms with Gasteiger partial charge in [0.15, 0.2) is 5.82 Å². The lowest BCUT2D eigenvalue weighted by Crippen LogP contribution is -1.82. The first kappa shape index (κ1) is 7.41. The highest BCUT2D eigenvalue weighted by atomic mass is 127. The smallest absolute Gasteiger partial charge is 0.306 e. The Labute approximate surface area is 71.0 Å². The monoisotopic (exact) mass is 248 g/mol. The topological polar surface area (TPSA) is 17.2 Å². The van der Waals surface area contributed by atoms with E-state index in [1.165, 1.54) is 12.3 Å². The van der Waals surface area contributed by atoms with Gasteiger partial charge in [0.05, 0.1) is 0 Å². The van der Waals surface area contributed by atoms with Crippen LogP contribution in [0.5, 0.6) is 0 Å². The second kappa shape index (κ2) is 2.92. The van der Waals surface area contributed by atoms with Crippen molar-refractivity contribution >= 4 is 28.4 Å². The summed E-state index contributed by atoms with van der Waals surface area (Å²) in [6.07, 6.45) is 1.41. The van der Waals surface area contributed by atoms with Gasteiger partial charge in [-0.25, -0.2) is 4.39 Å². The van der Waals surface area contributed by atoms with Gasteiger partial charge >= 0.3 is 5.82 Å². The third-order valence-corrected chi connectivity index (χ3v) is 1.76. The molecule has 0 saturated carbocycles. The van der Waals surface area contributed by atoms with Gasteiger partial charge in [0, 0.05) is 3.57 Å². The molecule has 0 aliphatic carbocycles. The van der Waals surface area contributed by atoms with Crippen LogP contribution in [-0.4, -0.2) is 4.98 Å². The Morgan fingerprint density at radius 2 is 2.40 bits per heavy atom. The summed E-state index contributed by atoms with van der Waals surface area (Å²) >= 11 is 1.81. The molecule has 0 amide bonds. The standard InChI is InChI=1S/C6H2FIN2/c1-9-6-5(7)4(8)2-3-10-6/h2-3H. The molecular formula is C6H2FIN2. The average Bonchev–Trinajstić information content (AvgIpc) is 1.95. The number of halogens is 2. The normalized spacial score (nSPS) is 8.90. The molecule has 1 aromatic rings. The van der Waals surface area contributed by atoms with Crippen LogP contribution in [0.1, 0.15) is 0 Å². The highest BCUT2D eigenvalue weighted by Gasteiger charge is 2.05. The number of rotatable bonds is 0. The molecule has 1 aromatic heterocycles. The zero-order chi connectivity index (χ0) is 7.56. The maximum Gasteiger partial charge on any atom is 0.306 e. The maximum atomic E-state index is 12.7. The lowest BCUT2D eigenvalue weighted by Gasteiger charge is -1.91. The highest BCUT2D eigenvalue weighted by molar-refractivity contribution is 14.1. The first-order valence-electron chi connectivity index (χ1n) is 2.43. The Kier molecular flexibility index (Phi) is 2.17. The van der Waals surface area contributed by atoms with E-state index in [2.05, 4.69) is 9.83 Å². The van der Waals surface area contributed by atoms with Gasteiger partial charge in [-0.05, 0) is 28.7 Å². The molecule has 1 heterocycles. The summed E-state index contributed by atoms with van der Waals surface area (Å²) < 4.78 is 13.1. The van der Waals surface area contributed by atoms with E-state index in [1.54, 1.807) is 0 Å². The summed E-state index contributed by atoms with van der Waals surface area (Å²) in [5.41, 5.74) is 0. The molecule has 4 heteroatoms. The van der Waals surface area contributed by atoms with Crippen molar-refractivity contribution in [1.29, 1.82) is 0 Å². The zero-order valence-corrected chi connectivity index (χ0v) is 6.96. The summed E-state index contributed by atoms with van der Waals surface area (Å²) in [5, 5.41) is 0. The molecule has 0 unspecified atom stereocenters. The molecular weight excluding hydrogens is 246 g/mol. The van der Waals surface area contributed by atoms with Crippen molar-refractivity contribution in [1.82, 2.24) is 4.98 Å². The van der Waals surface area contributed by atoms with E-state index < -0.39 is 5.82 Å². The van der Waals surface area contributed by atoms with Crippen molar-refractivity contribution in [3.05, 3.63) is 33.1 Å². The van der Waals surface area contributed by atoms with Crippen LogP contribution in [0.2, 0.25) is 0 Å². The second-order valence-corrected chi connectivity index (χ2v) is 2.70. The average molecular weight is 248 g/mol. The molecule has 1 rings (SSSR count). The van der Waals surface area contributed by atoms with Crippen LogP contribution >= 0.6 is 22.6 Å². The minimum atomic E-state index is -0.530. The molecule has 0 N–H and O–H groups in total. The molecule has 0 aromatic carbocycles. The number of aromatic nitrogens is 1. The highest BCUT2D eigenvalue weighted by Crippen LogP contribution is 2.18. The van der Waals surface area contributed by atoms with Crippen LogP contribution < -0.4 is 0 Å². The number of hydrogen-bond donors (Lipinski definition) is 0. The van der Waals surface area contributed by atoms with Gasteiger partial charge < -0.3 is 4.85 Å². The summed E-state index contributed by atoms with van der Waals surface area (Å²) in [6.45, 7) is 6.50. The minimum Gasteiger partial charge on any atom is -0.358 e. The van der Waals surface area contributed by atoms with E-state index in [9.17, 15) is 4.39 Å². The second-order valence-electron chi connectivity index (χ2n) is 1.54.